The third kappa shape index (κ3) is 4.85. The van der Waals surface area contributed by atoms with Crippen LogP contribution in [0, 0.1) is 11.8 Å². The van der Waals surface area contributed by atoms with Gasteiger partial charge in [-0.15, -0.1) is 0 Å². The van der Waals surface area contributed by atoms with E-state index in [0.717, 1.165) is 11.3 Å². The molecule has 0 fully saturated rings. The second kappa shape index (κ2) is 9.51. The summed E-state index contributed by atoms with van der Waals surface area (Å²) in [4.78, 5) is 11.6. The normalized spacial score (nSPS) is 17.6. The Morgan fingerprint density at radius 1 is 1.29 bits per heavy atom. The first-order valence-corrected chi connectivity index (χ1v) is 11.1. The lowest BCUT2D eigenvalue weighted by Gasteiger charge is -2.21. The molecule has 4 rings (SSSR count). The van der Waals surface area contributed by atoms with Crippen LogP contribution in [0.4, 0.5) is 11.4 Å². The molecule has 34 heavy (non-hydrogen) atoms. The van der Waals surface area contributed by atoms with Crippen LogP contribution in [0.2, 0.25) is 0 Å². The Bertz CT molecular complexity index is 1180. The molecule has 0 saturated heterocycles. The Morgan fingerprint density at radius 3 is 2.68 bits per heavy atom. The van der Waals surface area contributed by atoms with Gasteiger partial charge < -0.3 is 31.5 Å². The van der Waals surface area contributed by atoms with Gasteiger partial charge in [0.1, 0.15) is 23.2 Å². The van der Waals surface area contributed by atoms with Gasteiger partial charge >= 0.3 is 0 Å². The van der Waals surface area contributed by atoms with Crippen molar-refractivity contribution in [2.24, 2.45) is 16.6 Å². The maximum absolute atomic E-state index is 10.2. The minimum absolute atomic E-state index is 0.217. The molecule has 178 valence electrons. The quantitative estimate of drug-likeness (QED) is 0.406. The summed E-state index contributed by atoms with van der Waals surface area (Å²) in [5, 5.41) is 17.2. The molecule has 2 aliphatic heterocycles. The largest absolute Gasteiger partial charge is 0.469 e. The van der Waals surface area contributed by atoms with Gasteiger partial charge in [-0.05, 0) is 44.0 Å². The summed E-state index contributed by atoms with van der Waals surface area (Å²) in [5.74, 6) is 7.10. The number of oxime groups is 1. The van der Waals surface area contributed by atoms with Crippen molar-refractivity contribution in [3.8, 4) is 17.7 Å². The standard InChI is InChI=1S/C24H29N7O3/c1-4-31-17-14-19(33-18(11-13-25)15-8-6-5-7-9-15)27-16(10-12-24(2,3)32)20(17)28-23(31)21-22(26)30-34-29-21/h5-9,14,18,28-29,32H,4,11,13,25H2,1-3H3,(H2,26,30)/b23-21-/t18-/m0/s1. The summed E-state index contributed by atoms with van der Waals surface area (Å²) >= 11 is 0. The summed E-state index contributed by atoms with van der Waals surface area (Å²) in [5.41, 5.74) is 16.8. The zero-order valence-corrected chi connectivity index (χ0v) is 19.4. The van der Waals surface area contributed by atoms with E-state index in [2.05, 4.69) is 32.8 Å². The molecule has 2 aromatic rings. The van der Waals surface area contributed by atoms with Crippen molar-refractivity contribution in [1.82, 2.24) is 10.5 Å². The number of ether oxygens (including phenoxy) is 1. The molecule has 3 heterocycles. The number of amidine groups is 1. The number of aliphatic hydroxyl groups is 1. The fourth-order valence-electron chi connectivity index (χ4n) is 3.68. The molecule has 2 aliphatic rings. The van der Waals surface area contributed by atoms with Crippen molar-refractivity contribution in [1.29, 1.82) is 0 Å². The number of hydroxylamine groups is 1. The van der Waals surface area contributed by atoms with Crippen molar-refractivity contribution in [3.05, 3.63) is 59.2 Å². The first-order valence-electron chi connectivity index (χ1n) is 11.1. The molecule has 0 unspecified atom stereocenters. The monoisotopic (exact) mass is 463 g/mol. The van der Waals surface area contributed by atoms with Crippen LogP contribution in [0.5, 0.6) is 5.88 Å². The van der Waals surface area contributed by atoms with Gasteiger partial charge in [-0.3, -0.25) is 4.94 Å². The molecular weight excluding hydrogens is 434 g/mol. The molecular formula is C24H29N7O3. The number of anilines is 2. The van der Waals surface area contributed by atoms with E-state index in [1.807, 2.05) is 48.2 Å². The number of hydrogen-bond acceptors (Lipinski definition) is 10. The molecule has 0 saturated carbocycles. The van der Waals surface area contributed by atoms with E-state index >= 15 is 0 Å². The lowest BCUT2D eigenvalue weighted by atomic mass is 10.1. The van der Waals surface area contributed by atoms with Crippen LogP contribution in [0.25, 0.3) is 0 Å². The Balaban J connectivity index is 1.80. The molecule has 0 aliphatic carbocycles. The highest BCUT2D eigenvalue weighted by molar-refractivity contribution is 6.00. The minimum Gasteiger partial charge on any atom is -0.469 e. The summed E-state index contributed by atoms with van der Waals surface area (Å²) in [7, 11) is 0. The second-order valence-electron chi connectivity index (χ2n) is 8.37. The molecule has 1 aromatic carbocycles. The summed E-state index contributed by atoms with van der Waals surface area (Å²) in [6.07, 6.45) is 0.342. The molecule has 1 atom stereocenters. The predicted octanol–water partition coefficient (Wildman–Crippen LogP) is 1.90. The van der Waals surface area contributed by atoms with Gasteiger partial charge in [-0.2, -0.15) is 5.48 Å². The van der Waals surface area contributed by atoms with E-state index < -0.39 is 5.60 Å². The van der Waals surface area contributed by atoms with E-state index in [1.165, 1.54) is 0 Å². The summed E-state index contributed by atoms with van der Waals surface area (Å²) < 4.78 is 6.33. The van der Waals surface area contributed by atoms with Crippen LogP contribution in [0.15, 0.2) is 53.1 Å². The number of rotatable bonds is 6. The lowest BCUT2D eigenvalue weighted by Crippen LogP contribution is -2.29. The molecule has 0 radical (unpaired) electrons. The summed E-state index contributed by atoms with van der Waals surface area (Å²) in [6.45, 7) is 6.30. The van der Waals surface area contributed by atoms with E-state index in [1.54, 1.807) is 13.8 Å². The SMILES string of the molecule is CCN1/C(=C2\NON=C2N)Nc2c1cc(O[C@@H](CCN)c1ccccc1)nc2C#CC(C)(C)O. The number of benzene rings is 1. The third-order valence-corrected chi connectivity index (χ3v) is 5.23. The molecule has 0 spiro atoms. The molecule has 1 aromatic heterocycles. The number of aromatic nitrogens is 1. The maximum atomic E-state index is 10.2. The zero-order valence-electron chi connectivity index (χ0n) is 19.4. The van der Waals surface area contributed by atoms with Gasteiger partial charge in [0.2, 0.25) is 5.88 Å². The Hall–Kier alpha value is -3.94. The van der Waals surface area contributed by atoms with Crippen LogP contribution < -0.4 is 31.9 Å². The van der Waals surface area contributed by atoms with Crippen LogP contribution in [0.3, 0.4) is 0 Å². The van der Waals surface area contributed by atoms with Crippen LogP contribution >= 0.6 is 0 Å². The van der Waals surface area contributed by atoms with Crippen LogP contribution in [-0.2, 0) is 4.94 Å². The number of hydrogen-bond donors (Lipinski definition) is 5. The van der Waals surface area contributed by atoms with Gasteiger partial charge in [0.15, 0.2) is 11.5 Å². The average Bonchev–Trinajstić information content (AvgIpc) is 3.40. The predicted molar refractivity (Wildman–Crippen MR) is 130 cm³/mol. The average molecular weight is 464 g/mol. The molecule has 10 heteroatoms. The van der Waals surface area contributed by atoms with E-state index in [9.17, 15) is 5.11 Å². The minimum atomic E-state index is -1.19. The van der Waals surface area contributed by atoms with Gasteiger partial charge in [-0.25, -0.2) is 4.98 Å². The Morgan fingerprint density at radius 2 is 2.06 bits per heavy atom. The molecule has 0 bridgehead atoms. The van der Waals surface area contributed by atoms with Gasteiger partial charge in [-0.1, -0.05) is 36.3 Å². The topological polar surface area (TPSA) is 143 Å². The fraction of sp³-hybridized carbons (Fsp3) is 0.333. The molecule has 10 nitrogen and oxygen atoms in total. The van der Waals surface area contributed by atoms with Crippen LogP contribution in [-0.4, -0.2) is 34.6 Å². The number of nitrogens with zero attached hydrogens (tertiary/aromatic N) is 3. The third-order valence-electron chi connectivity index (χ3n) is 5.23. The lowest BCUT2D eigenvalue weighted by molar-refractivity contribution is 0.0899. The van der Waals surface area contributed by atoms with Crippen molar-refractivity contribution < 1.29 is 14.8 Å². The van der Waals surface area contributed by atoms with Crippen molar-refractivity contribution in [3.63, 3.8) is 0 Å². The maximum Gasteiger partial charge on any atom is 0.217 e. The number of fused-ring (bicyclic) bond motifs is 1. The highest BCUT2D eigenvalue weighted by Crippen LogP contribution is 2.42. The van der Waals surface area contributed by atoms with E-state index in [-0.39, 0.29) is 11.9 Å². The number of pyridine rings is 1. The zero-order chi connectivity index (χ0) is 24.3. The highest BCUT2D eigenvalue weighted by atomic mass is 16.8. The molecule has 0 amide bonds. The Labute approximate surface area is 198 Å². The van der Waals surface area contributed by atoms with Crippen LogP contribution in [0.1, 0.15) is 44.6 Å². The van der Waals surface area contributed by atoms with Gasteiger partial charge in [0, 0.05) is 19.0 Å². The van der Waals surface area contributed by atoms with Crippen molar-refractivity contribution in [2.75, 3.05) is 23.3 Å². The summed E-state index contributed by atoms with van der Waals surface area (Å²) in [6, 6.07) is 11.7. The number of nitrogens with one attached hydrogen (secondary N) is 2. The number of nitrogens with two attached hydrogens (primary N) is 2. The fourth-order valence-corrected chi connectivity index (χ4v) is 3.68. The van der Waals surface area contributed by atoms with E-state index in [0.29, 0.717) is 48.3 Å². The highest BCUT2D eigenvalue weighted by Gasteiger charge is 2.32. The molecule has 7 N–H and O–H groups in total. The second-order valence-corrected chi connectivity index (χ2v) is 8.37. The van der Waals surface area contributed by atoms with Crippen molar-refractivity contribution in [2.45, 2.75) is 38.9 Å². The van der Waals surface area contributed by atoms with E-state index in [4.69, 9.17) is 21.1 Å². The van der Waals surface area contributed by atoms with Gasteiger partial charge in [0.05, 0.1) is 11.4 Å². The first kappa shape index (κ1) is 23.2. The first-order chi connectivity index (χ1) is 16.3. The smallest absolute Gasteiger partial charge is 0.217 e. The van der Waals surface area contributed by atoms with Crippen molar-refractivity contribution >= 4 is 17.2 Å². The van der Waals surface area contributed by atoms with Gasteiger partial charge in [0.25, 0.3) is 0 Å². The Kier molecular flexibility index (Phi) is 6.49.